The Bertz CT molecular complexity index is 1940. The second-order valence-electron chi connectivity index (χ2n) is 30.5. The molecule has 101 heavy (non-hydrogen) atoms. The lowest BCUT2D eigenvalue weighted by atomic mass is 10.0. The minimum atomic E-state index is -4.96. The molecule has 0 spiro atoms. The van der Waals surface area contributed by atoms with Crippen molar-refractivity contribution in [1.82, 2.24) is 0 Å². The lowest BCUT2D eigenvalue weighted by Crippen LogP contribution is -2.30. The summed E-state index contributed by atoms with van der Waals surface area (Å²) in [5.74, 6) is -0.527. The van der Waals surface area contributed by atoms with E-state index in [4.69, 9.17) is 37.0 Å². The number of carbonyl (C=O) groups excluding carboxylic acids is 4. The van der Waals surface area contributed by atoms with E-state index in [1.54, 1.807) is 0 Å². The Hall–Kier alpha value is -1.94. The van der Waals surface area contributed by atoms with Crippen LogP contribution in [-0.4, -0.2) is 96.7 Å². The van der Waals surface area contributed by atoms with E-state index in [2.05, 4.69) is 41.5 Å². The van der Waals surface area contributed by atoms with Crippen LogP contribution in [-0.2, 0) is 65.4 Å². The highest BCUT2D eigenvalue weighted by Gasteiger charge is 2.30. The fourth-order valence-corrected chi connectivity index (χ4v) is 14.3. The maximum absolute atomic E-state index is 13.1. The van der Waals surface area contributed by atoms with Gasteiger partial charge in [0, 0.05) is 25.7 Å². The van der Waals surface area contributed by atoms with Crippen molar-refractivity contribution in [1.29, 1.82) is 0 Å². The summed E-state index contributed by atoms with van der Waals surface area (Å²) >= 11 is 0. The summed E-state index contributed by atoms with van der Waals surface area (Å²) in [6.07, 6.45) is 63.8. The lowest BCUT2D eigenvalue weighted by molar-refractivity contribution is -0.161. The highest BCUT2D eigenvalue weighted by Crippen LogP contribution is 2.45. The molecule has 0 saturated heterocycles. The standard InChI is InChI=1S/C82H160O17P2/c1-7-9-11-13-15-17-19-20-21-22-23-26-29-35-41-47-53-59-65-80(85)93-71-78(99-81(86)66-60-54-48-42-36-30-27-24-25-28-33-38-44-50-56-62-74(3)4)73-97-101(90,91)95-69-76(83)68-94-100(88,89)96-72-77(70-92-79(84)64-58-52-46-40-18-16-14-12-10-8-2)98-82(87)67-61-55-49-43-37-32-31-34-39-45-51-57-63-75(5)6/h74-78,83H,7-73H2,1-6H3,(H,88,89)(H,90,91)/t76-,77+,78+/m0/s1. The van der Waals surface area contributed by atoms with Crippen molar-refractivity contribution in [3.05, 3.63) is 0 Å². The van der Waals surface area contributed by atoms with Crippen molar-refractivity contribution < 1.29 is 80.2 Å². The first-order valence-corrected chi connectivity index (χ1v) is 45.5. The molecule has 5 atom stereocenters. The maximum Gasteiger partial charge on any atom is 0.472 e. The molecule has 0 aromatic carbocycles. The number of esters is 4. The summed E-state index contributed by atoms with van der Waals surface area (Å²) < 4.78 is 68.8. The Balaban J connectivity index is 5.24. The number of phosphoric acid groups is 2. The molecule has 2 unspecified atom stereocenters. The van der Waals surface area contributed by atoms with E-state index in [0.29, 0.717) is 25.7 Å². The third-order valence-electron chi connectivity index (χ3n) is 19.2. The monoisotopic (exact) mass is 1480 g/mol. The second-order valence-corrected chi connectivity index (χ2v) is 33.4. The van der Waals surface area contributed by atoms with Crippen molar-refractivity contribution >= 4 is 39.5 Å². The number of aliphatic hydroxyl groups is 1. The normalized spacial score (nSPS) is 13.9. The van der Waals surface area contributed by atoms with Gasteiger partial charge in [-0.3, -0.25) is 37.3 Å². The van der Waals surface area contributed by atoms with Gasteiger partial charge in [-0.15, -0.1) is 0 Å². The SMILES string of the molecule is CCCCCCCCCCCCCCCCCCCCC(=O)OC[C@H](COP(=O)(O)OC[C@@H](O)COP(=O)(O)OC[C@@H](COC(=O)CCCCCCCCCCCC)OC(=O)CCCCCCCCCCCCCCC(C)C)OC(=O)CCCCCCCCCCCCCCCCCC(C)C. The Kier molecular flexibility index (Phi) is 72.2. The van der Waals surface area contributed by atoms with Gasteiger partial charge in [-0.05, 0) is 37.5 Å². The van der Waals surface area contributed by atoms with Crippen LogP contribution in [0.1, 0.15) is 433 Å². The Labute approximate surface area is 619 Å². The van der Waals surface area contributed by atoms with Crippen molar-refractivity contribution in [3.63, 3.8) is 0 Å². The van der Waals surface area contributed by atoms with Crippen molar-refractivity contribution in [3.8, 4) is 0 Å². The highest BCUT2D eigenvalue weighted by molar-refractivity contribution is 7.47. The molecule has 0 aromatic heterocycles. The van der Waals surface area contributed by atoms with E-state index in [1.807, 2.05) is 0 Å². The van der Waals surface area contributed by atoms with Gasteiger partial charge in [-0.1, -0.05) is 382 Å². The molecule has 3 N–H and O–H groups in total. The molecule has 0 aliphatic rings. The van der Waals surface area contributed by atoms with E-state index in [9.17, 15) is 43.2 Å². The van der Waals surface area contributed by atoms with Gasteiger partial charge in [0.1, 0.15) is 19.3 Å². The fourth-order valence-electron chi connectivity index (χ4n) is 12.7. The van der Waals surface area contributed by atoms with E-state index in [-0.39, 0.29) is 25.7 Å². The number of phosphoric ester groups is 2. The third-order valence-corrected chi connectivity index (χ3v) is 21.1. The zero-order chi connectivity index (χ0) is 74.2. The van der Waals surface area contributed by atoms with Crippen LogP contribution in [0, 0.1) is 11.8 Å². The Morgan fingerprint density at radius 3 is 0.673 bits per heavy atom. The number of aliphatic hydroxyl groups excluding tert-OH is 1. The maximum atomic E-state index is 13.1. The molecule has 0 amide bonds. The van der Waals surface area contributed by atoms with Crippen LogP contribution in [0.5, 0.6) is 0 Å². The zero-order valence-electron chi connectivity index (χ0n) is 66.2. The predicted octanol–water partition coefficient (Wildman–Crippen LogP) is 24.7. The van der Waals surface area contributed by atoms with Gasteiger partial charge in [-0.2, -0.15) is 0 Å². The molecule has 0 aromatic rings. The number of carbonyl (C=O) groups is 4. The van der Waals surface area contributed by atoms with Gasteiger partial charge >= 0.3 is 39.5 Å². The van der Waals surface area contributed by atoms with E-state index >= 15 is 0 Å². The smallest absolute Gasteiger partial charge is 0.462 e. The predicted molar refractivity (Wildman–Crippen MR) is 414 cm³/mol. The third kappa shape index (κ3) is 76.1. The molecule has 0 aliphatic heterocycles. The number of ether oxygens (including phenoxy) is 4. The number of hydrogen-bond donors (Lipinski definition) is 3. The Morgan fingerprint density at radius 1 is 0.267 bits per heavy atom. The van der Waals surface area contributed by atoms with Crippen LogP contribution in [0.2, 0.25) is 0 Å². The molecular weight excluding hydrogens is 1320 g/mol. The topological polar surface area (TPSA) is 237 Å². The van der Waals surface area contributed by atoms with Gasteiger partial charge < -0.3 is 33.8 Å². The summed E-state index contributed by atoms with van der Waals surface area (Å²) in [5, 5.41) is 10.6. The molecule has 0 fully saturated rings. The second kappa shape index (κ2) is 73.6. The average molecular weight is 1480 g/mol. The fraction of sp³-hybridized carbons (Fsp3) is 0.951. The summed E-state index contributed by atoms with van der Waals surface area (Å²) in [5.41, 5.74) is 0. The van der Waals surface area contributed by atoms with Crippen LogP contribution in [0.15, 0.2) is 0 Å². The van der Waals surface area contributed by atoms with Crippen molar-refractivity contribution in [2.45, 2.75) is 452 Å². The molecule has 17 nitrogen and oxygen atoms in total. The Morgan fingerprint density at radius 2 is 0.455 bits per heavy atom. The van der Waals surface area contributed by atoms with Gasteiger partial charge in [-0.25, -0.2) is 9.13 Å². The number of unbranched alkanes of at least 4 members (excludes halogenated alkanes) is 51. The van der Waals surface area contributed by atoms with Crippen molar-refractivity contribution in [2.75, 3.05) is 39.6 Å². The van der Waals surface area contributed by atoms with E-state index < -0.39 is 97.5 Å². The minimum Gasteiger partial charge on any atom is -0.462 e. The van der Waals surface area contributed by atoms with Crippen molar-refractivity contribution in [2.24, 2.45) is 11.8 Å². The summed E-state index contributed by atoms with van der Waals surface area (Å²) in [7, 11) is -9.92. The zero-order valence-corrected chi connectivity index (χ0v) is 68.0. The van der Waals surface area contributed by atoms with Gasteiger partial charge in [0.25, 0.3) is 0 Å². The first-order chi connectivity index (χ1) is 48.9. The van der Waals surface area contributed by atoms with Crippen LogP contribution < -0.4 is 0 Å². The minimum absolute atomic E-state index is 0.107. The van der Waals surface area contributed by atoms with Gasteiger partial charge in [0.15, 0.2) is 12.2 Å². The van der Waals surface area contributed by atoms with Gasteiger partial charge in [0.2, 0.25) is 0 Å². The molecule has 0 aliphatic carbocycles. The number of hydrogen-bond acceptors (Lipinski definition) is 15. The summed E-state index contributed by atoms with van der Waals surface area (Å²) in [4.78, 5) is 73.1. The van der Waals surface area contributed by atoms with Gasteiger partial charge in [0.05, 0.1) is 26.4 Å². The first kappa shape index (κ1) is 99.1. The van der Waals surface area contributed by atoms with Crippen LogP contribution in [0.25, 0.3) is 0 Å². The molecule has 0 bridgehead atoms. The largest absolute Gasteiger partial charge is 0.472 e. The molecule has 0 radical (unpaired) electrons. The van der Waals surface area contributed by atoms with Crippen LogP contribution >= 0.6 is 15.6 Å². The highest BCUT2D eigenvalue weighted by atomic mass is 31.2. The molecule has 600 valence electrons. The molecule has 0 rings (SSSR count). The van der Waals surface area contributed by atoms with Crippen LogP contribution in [0.3, 0.4) is 0 Å². The van der Waals surface area contributed by atoms with E-state index in [0.717, 1.165) is 102 Å². The molecule has 0 heterocycles. The summed E-state index contributed by atoms with van der Waals surface area (Å²) in [6.45, 7) is 9.67. The summed E-state index contributed by atoms with van der Waals surface area (Å²) in [6, 6.07) is 0. The lowest BCUT2D eigenvalue weighted by Gasteiger charge is -2.21. The molecular formula is C82H160O17P2. The first-order valence-electron chi connectivity index (χ1n) is 42.5. The molecule has 19 heteroatoms. The average Bonchev–Trinajstić information content (AvgIpc) is 1.21. The number of rotatable bonds is 81. The van der Waals surface area contributed by atoms with E-state index in [1.165, 1.54) is 250 Å². The van der Waals surface area contributed by atoms with Crippen LogP contribution in [0.4, 0.5) is 0 Å². The molecule has 0 saturated carbocycles. The quantitative estimate of drug-likeness (QED) is 0.0222.